The van der Waals surface area contributed by atoms with Crippen LogP contribution in [0.15, 0.2) is 71.6 Å². The molecule has 0 saturated carbocycles. The SMILES string of the molecule is CN1C(C(=O)c2ccc3ccccc3c2)C(=O)c2ccccc2S1(=O)=O. The number of Topliss-reactive ketones (excluding diaryl/α,β-unsaturated/α-hetero) is 2. The van der Waals surface area contributed by atoms with Crippen molar-refractivity contribution < 1.29 is 18.0 Å². The van der Waals surface area contributed by atoms with Crippen LogP contribution in [0.5, 0.6) is 0 Å². The second-order valence-corrected chi connectivity index (χ2v) is 8.18. The van der Waals surface area contributed by atoms with Crippen molar-refractivity contribution in [3.8, 4) is 0 Å². The molecule has 130 valence electrons. The highest BCUT2D eigenvalue weighted by Gasteiger charge is 2.45. The van der Waals surface area contributed by atoms with Gasteiger partial charge in [-0.05, 0) is 29.0 Å². The lowest BCUT2D eigenvalue weighted by molar-refractivity contribution is 0.0784. The number of hydrogen-bond donors (Lipinski definition) is 0. The summed E-state index contributed by atoms with van der Waals surface area (Å²) in [6, 6.07) is 17.2. The molecular formula is C20H15NO4S. The predicted octanol–water partition coefficient (Wildman–Crippen LogP) is 2.91. The van der Waals surface area contributed by atoms with Crippen LogP contribution in [0.2, 0.25) is 0 Å². The molecule has 1 atom stereocenters. The first-order valence-corrected chi connectivity index (χ1v) is 9.49. The molecule has 1 aliphatic heterocycles. The van der Waals surface area contributed by atoms with Crippen molar-refractivity contribution in [1.82, 2.24) is 4.31 Å². The summed E-state index contributed by atoms with van der Waals surface area (Å²) < 4.78 is 26.3. The molecule has 1 heterocycles. The lowest BCUT2D eigenvalue weighted by atomic mass is 9.94. The number of rotatable bonds is 2. The Hall–Kier alpha value is -2.83. The van der Waals surface area contributed by atoms with Crippen molar-refractivity contribution in [3.05, 3.63) is 77.9 Å². The number of nitrogens with zero attached hydrogens (tertiary/aromatic N) is 1. The molecule has 1 unspecified atom stereocenters. The first kappa shape index (κ1) is 16.6. The van der Waals surface area contributed by atoms with Crippen molar-refractivity contribution in [2.75, 3.05) is 7.05 Å². The Labute approximate surface area is 150 Å². The summed E-state index contributed by atoms with van der Waals surface area (Å²) in [5.41, 5.74) is 0.369. The minimum atomic E-state index is -3.91. The van der Waals surface area contributed by atoms with Crippen LogP contribution in [-0.4, -0.2) is 37.4 Å². The lowest BCUT2D eigenvalue weighted by Gasteiger charge is -2.31. The molecule has 0 fully saturated rings. The summed E-state index contributed by atoms with van der Waals surface area (Å²) in [6.45, 7) is 0. The monoisotopic (exact) mass is 365 g/mol. The molecule has 3 aromatic rings. The van der Waals surface area contributed by atoms with Crippen LogP contribution in [0.1, 0.15) is 20.7 Å². The van der Waals surface area contributed by atoms with Gasteiger partial charge in [0.1, 0.15) is 0 Å². The Morgan fingerprint density at radius 2 is 1.58 bits per heavy atom. The van der Waals surface area contributed by atoms with E-state index in [-0.39, 0.29) is 10.5 Å². The maximum atomic E-state index is 13.0. The molecule has 0 amide bonds. The highest BCUT2D eigenvalue weighted by atomic mass is 32.2. The molecule has 5 nitrogen and oxygen atoms in total. The number of likely N-dealkylation sites (N-methyl/N-ethyl adjacent to an activating group) is 1. The Morgan fingerprint density at radius 1 is 0.923 bits per heavy atom. The Bertz CT molecular complexity index is 1170. The second-order valence-electron chi connectivity index (χ2n) is 6.21. The van der Waals surface area contributed by atoms with E-state index in [4.69, 9.17) is 0 Å². The number of carbonyl (C=O) groups excluding carboxylic acids is 2. The zero-order chi connectivity index (χ0) is 18.5. The molecule has 0 radical (unpaired) electrons. The van der Waals surface area contributed by atoms with Crippen LogP contribution in [0.25, 0.3) is 10.8 Å². The quantitative estimate of drug-likeness (QED) is 0.517. The fraction of sp³-hybridized carbons (Fsp3) is 0.100. The van der Waals surface area contributed by atoms with Gasteiger partial charge in [0.05, 0.1) is 4.90 Å². The van der Waals surface area contributed by atoms with E-state index in [0.717, 1.165) is 15.1 Å². The van der Waals surface area contributed by atoms with E-state index in [2.05, 4.69) is 0 Å². The van der Waals surface area contributed by atoms with Gasteiger partial charge in [0, 0.05) is 18.2 Å². The van der Waals surface area contributed by atoms with Gasteiger partial charge >= 0.3 is 0 Å². The summed E-state index contributed by atoms with van der Waals surface area (Å²) >= 11 is 0. The zero-order valence-corrected chi connectivity index (χ0v) is 14.7. The normalized spacial score (nSPS) is 19.3. The third-order valence-corrected chi connectivity index (χ3v) is 6.58. The van der Waals surface area contributed by atoms with E-state index in [9.17, 15) is 18.0 Å². The smallest absolute Gasteiger partial charge is 0.244 e. The average Bonchev–Trinajstić information content (AvgIpc) is 2.66. The standard InChI is InChI=1S/C20H15NO4S/c1-21-18(20(23)16-8-4-5-9-17(16)26(21,24)25)19(22)15-11-10-13-6-2-3-7-14(13)12-15/h2-12,18H,1H3. The highest BCUT2D eigenvalue weighted by molar-refractivity contribution is 7.89. The molecule has 4 rings (SSSR count). The molecule has 0 N–H and O–H groups in total. The Balaban J connectivity index is 1.84. The summed E-state index contributed by atoms with van der Waals surface area (Å²) in [5.74, 6) is -1.03. The number of hydrogen-bond acceptors (Lipinski definition) is 4. The van der Waals surface area contributed by atoms with Crippen LogP contribution < -0.4 is 0 Å². The summed E-state index contributed by atoms with van der Waals surface area (Å²) in [5, 5.41) is 1.82. The van der Waals surface area contributed by atoms with Gasteiger partial charge in [-0.15, -0.1) is 0 Å². The molecule has 0 aromatic heterocycles. The van der Waals surface area contributed by atoms with Crippen LogP contribution in [0.4, 0.5) is 0 Å². The van der Waals surface area contributed by atoms with Gasteiger partial charge < -0.3 is 0 Å². The van der Waals surface area contributed by atoms with Gasteiger partial charge in [0.25, 0.3) is 0 Å². The molecular weight excluding hydrogens is 350 g/mol. The molecule has 3 aromatic carbocycles. The molecule has 0 spiro atoms. The highest BCUT2D eigenvalue weighted by Crippen LogP contribution is 2.30. The number of fused-ring (bicyclic) bond motifs is 2. The number of sulfonamides is 1. The van der Waals surface area contributed by atoms with E-state index in [1.807, 2.05) is 24.3 Å². The van der Waals surface area contributed by atoms with E-state index < -0.39 is 27.6 Å². The van der Waals surface area contributed by atoms with Gasteiger partial charge in [0.2, 0.25) is 10.0 Å². The van der Waals surface area contributed by atoms with E-state index in [1.165, 1.54) is 19.2 Å². The zero-order valence-electron chi connectivity index (χ0n) is 13.9. The van der Waals surface area contributed by atoms with Crippen LogP contribution >= 0.6 is 0 Å². The van der Waals surface area contributed by atoms with Crippen molar-refractivity contribution in [2.45, 2.75) is 10.9 Å². The number of ketones is 2. The molecule has 26 heavy (non-hydrogen) atoms. The molecule has 0 saturated heterocycles. The summed E-state index contributed by atoms with van der Waals surface area (Å²) in [7, 11) is -2.64. The fourth-order valence-corrected chi connectivity index (χ4v) is 4.76. The maximum absolute atomic E-state index is 13.0. The first-order valence-electron chi connectivity index (χ1n) is 8.05. The minimum absolute atomic E-state index is 0.0599. The third-order valence-electron chi connectivity index (χ3n) is 4.70. The molecule has 0 bridgehead atoms. The van der Waals surface area contributed by atoms with Crippen molar-refractivity contribution in [1.29, 1.82) is 0 Å². The maximum Gasteiger partial charge on any atom is 0.244 e. The van der Waals surface area contributed by atoms with Gasteiger partial charge in [-0.2, -0.15) is 4.31 Å². The first-order chi connectivity index (χ1) is 12.4. The predicted molar refractivity (Wildman–Crippen MR) is 97.8 cm³/mol. The van der Waals surface area contributed by atoms with Gasteiger partial charge in [-0.3, -0.25) is 9.59 Å². The topological polar surface area (TPSA) is 71.5 Å². The van der Waals surface area contributed by atoms with E-state index >= 15 is 0 Å². The van der Waals surface area contributed by atoms with Crippen molar-refractivity contribution in [3.63, 3.8) is 0 Å². The van der Waals surface area contributed by atoms with Crippen molar-refractivity contribution in [2.24, 2.45) is 0 Å². The summed E-state index contributed by atoms with van der Waals surface area (Å²) in [4.78, 5) is 25.8. The van der Waals surface area contributed by atoms with Crippen LogP contribution in [0.3, 0.4) is 0 Å². The van der Waals surface area contributed by atoms with Crippen LogP contribution in [-0.2, 0) is 10.0 Å². The Kier molecular flexibility index (Phi) is 3.75. The number of carbonyl (C=O) groups is 2. The molecule has 1 aliphatic rings. The Morgan fingerprint density at radius 3 is 2.35 bits per heavy atom. The van der Waals surface area contributed by atoms with Crippen LogP contribution in [0, 0.1) is 0 Å². The second kappa shape index (κ2) is 5.86. The van der Waals surface area contributed by atoms with Gasteiger partial charge in [-0.25, -0.2) is 8.42 Å². The third kappa shape index (κ3) is 2.38. The molecule has 0 aliphatic carbocycles. The fourth-order valence-electron chi connectivity index (χ4n) is 3.29. The van der Waals surface area contributed by atoms with E-state index in [0.29, 0.717) is 5.56 Å². The van der Waals surface area contributed by atoms with E-state index in [1.54, 1.807) is 30.3 Å². The van der Waals surface area contributed by atoms with Crippen molar-refractivity contribution >= 4 is 32.4 Å². The van der Waals surface area contributed by atoms with Gasteiger partial charge in [-0.1, -0.05) is 48.5 Å². The lowest BCUT2D eigenvalue weighted by Crippen LogP contribution is -2.51. The summed E-state index contributed by atoms with van der Waals surface area (Å²) in [6.07, 6.45) is 0. The van der Waals surface area contributed by atoms with Gasteiger partial charge in [0.15, 0.2) is 17.6 Å². The minimum Gasteiger partial charge on any atom is -0.292 e. The number of benzene rings is 3. The molecule has 6 heteroatoms. The largest absolute Gasteiger partial charge is 0.292 e. The average molecular weight is 365 g/mol.